The Morgan fingerprint density at radius 2 is 1.95 bits per heavy atom. The lowest BCUT2D eigenvalue weighted by molar-refractivity contribution is 0.580. The van der Waals surface area contributed by atoms with Crippen molar-refractivity contribution in [2.24, 2.45) is 0 Å². The smallest absolute Gasteiger partial charge is 0.146 e. The van der Waals surface area contributed by atoms with Crippen molar-refractivity contribution in [3.63, 3.8) is 0 Å². The third kappa shape index (κ3) is 3.43. The van der Waals surface area contributed by atoms with Gasteiger partial charge in [-0.1, -0.05) is 11.6 Å². The molecule has 102 valence electrons. The first kappa shape index (κ1) is 14.2. The maximum atomic E-state index is 13.0. The topological polar surface area (TPSA) is 48.7 Å². The molecule has 1 heterocycles. The minimum absolute atomic E-state index is 0.237. The van der Waals surface area contributed by atoms with Gasteiger partial charge in [0.1, 0.15) is 28.5 Å². The molecule has 20 heavy (non-hydrogen) atoms. The van der Waals surface area contributed by atoms with Gasteiger partial charge in [-0.05, 0) is 30.2 Å². The van der Waals surface area contributed by atoms with Crippen molar-refractivity contribution in [1.82, 2.24) is 4.98 Å². The second-order valence-electron chi connectivity index (χ2n) is 4.09. The van der Waals surface area contributed by atoms with Gasteiger partial charge in [0.05, 0.1) is 5.56 Å². The lowest BCUT2D eigenvalue weighted by Gasteiger charge is -2.08. The number of nitrogens with one attached hydrogen (secondary N) is 1. The Labute approximate surface area is 119 Å². The molecule has 1 aromatic heterocycles. The number of nitrogens with zero attached hydrogens (tertiary/aromatic N) is 2. The quantitative estimate of drug-likeness (QED) is 0.938. The number of nitriles is 1. The Balaban J connectivity index is 2.01. The Hall–Kier alpha value is -2.19. The molecule has 0 saturated carbocycles. The maximum Gasteiger partial charge on any atom is 0.146 e. The number of pyridine rings is 1. The predicted molar refractivity (Wildman–Crippen MR) is 72.5 cm³/mol. The summed E-state index contributed by atoms with van der Waals surface area (Å²) in [5, 5.41) is 12.0. The second kappa shape index (κ2) is 6.31. The van der Waals surface area contributed by atoms with Crippen molar-refractivity contribution in [3.8, 4) is 6.07 Å². The van der Waals surface area contributed by atoms with Gasteiger partial charge in [-0.2, -0.15) is 5.26 Å². The molecule has 0 amide bonds. The van der Waals surface area contributed by atoms with Crippen molar-refractivity contribution in [3.05, 3.63) is 58.2 Å². The Bertz CT molecular complexity index is 648. The molecule has 2 rings (SSSR count). The fraction of sp³-hybridized carbons (Fsp3) is 0.143. The zero-order valence-corrected chi connectivity index (χ0v) is 11.1. The largest absolute Gasteiger partial charge is 0.368 e. The van der Waals surface area contributed by atoms with Crippen LogP contribution >= 0.6 is 11.6 Å². The van der Waals surface area contributed by atoms with Crippen LogP contribution in [0.2, 0.25) is 5.02 Å². The van der Waals surface area contributed by atoms with E-state index in [0.29, 0.717) is 29.9 Å². The molecule has 0 aliphatic heterocycles. The fourth-order valence-corrected chi connectivity index (χ4v) is 1.95. The monoisotopic (exact) mass is 293 g/mol. The summed E-state index contributed by atoms with van der Waals surface area (Å²) in [7, 11) is 0. The molecular weight excluding hydrogens is 284 g/mol. The van der Waals surface area contributed by atoms with E-state index >= 15 is 0 Å². The van der Waals surface area contributed by atoms with Gasteiger partial charge >= 0.3 is 0 Å². The van der Waals surface area contributed by atoms with Crippen molar-refractivity contribution >= 4 is 17.4 Å². The molecule has 1 N–H and O–H groups in total. The van der Waals surface area contributed by atoms with Gasteiger partial charge in [0.25, 0.3) is 0 Å². The molecule has 6 heteroatoms. The molecular formula is C14H10ClF2N3. The Kier molecular flexibility index (Phi) is 4.49. The lowest BCUT2D eigenvalue weighted by Crippen LogP contribution is -2.07. The standard InChI is InChI=1S/C14H10ClF2N3/c15-13-10(8-18)2-4-20-14(13)19-3-1-9-5-11(16)7-12(17)6-9/h2,4-7H,1,3H2,(H,19,20). The summed E-state index contributed by atoms with van der Waals surface area (Å²) < 4.78 is 26.0. The normalized spacial score (nSPS) is 10.1. The van der Waals surface area contributed by atoms with Crippen molar-refractivity contribution in [2.45, 2.75) is 6.42 Å². The molecule has 0 bridgehead atoms. The van der Waals surface area contributed by atoms with Crippen LogP contribution in [0.15, 0.2) is 30.5 Å². The summed E-state index contributed by atoms with van der Waals surface area (Å²) in [5.41, 5.74) is 0.850. The van der Waals surface area contributed by atoms with Gasteiger partial charge < -0.3 is 5.32 Å². The molecule has 0 radical (unpaired) electrons. The van der Waals surface area contributed by atoms with Crippen LogP contribution in [0.4, 0.5) is 14.6 Å². The highest BCUT2D eigenvalue weighted by Crippen LogP contribution is 2.22. The summed E-state index contributed by atoms with van der Waals surface area (Å²) in [6.07, 6.45) is 1.87. The summed E-state index contributed by atoms with van der Waals surface area (Å²) in [6, 6.07) is 6.82. The first-order chi connectivity index (χ1) is 9.60. The van der Waals surface area contributed by atoms with Crippen LogP contribution in [0.3, 0.4) is 0 Å². The molecule has 3 nitrogen and oxygen atoms in total. The number of hydrogen-bond acceptors (Lipinski definition) is 3. The molecule has 0 atom stereocenters. The average molecular weight is 294 g/mol. The summed E-state index contributed by atoms with van der Waals surface area (Å²) in [6.45, 7) is 0.393. The number of aromatic nitrogens is 1. The van der Waals surface area contributed by atoms with E-state index in [-0.39, 0.29) is 5.02 Å². The van der Waals surface area contributed by atoms with Gasteiger partial charge in [-0.25, -0.2) is 13.8 Å². The van der Waals surface area contributed by atoms with E-state index in [1.54, 1.807) is 0 Å². The molecule has 0 fully saturated rings. The number of halogens is 3. The number of benzene rings is 1. The van der Waals surface area contributed by atoms with Gasteiger partial charge in [0, 0.05) is 18.8 Å². The Morgan fingerprint density at radius 1 is 1.25 bits per heavy atom. The van der Waals surface area contributed by atoms with Gasteiger partial charge in [0.2, 0.25) is 0 Å². The average Bonchev–Trinajstić information content (AvgIpc) is 2.39. The molecule has 0 unspecified atom stereocenters. The minimum atomic E-state index is -0.609. The molecule has 0 aliphatic carbocycles. The number of hydrogen-bond donors (Lipinski definition) is 1. The van der Waals surface area contributed by atoms with Gasteiger partial charge in [-0.3, -0.25) is 0 Å². The van der Waals surface area contributed by atoms with Crippen LogP contribution in [-0.2, 0) is 6.42 Å². The highest BCUT2D eigenvalue weighted by molar-refractivity contribution is 6.34. The van der Waals surface area contributed by atoms with E-state index in [2.05, 4.69) is 10.3 Å². The lowest BCUT2D eigenvalue weighted by atomic mass is 10.1. The van der Waals surface area contributed by atoms with Crippen LogP contribution in [0.25, 0.3) is 0 Å². The van der Waals surface area contributed by atoms with Crippen LogP contribution in [0, 0.1) is 23.0 Å². The number of rotatable bonds is 4. The third-order valence-corrected chi connectivity index (χ3v) is 3.02. The third-order valence-electron chi connectivity index (χ3n) is 2.64. The van der Waals surface area contributed by atoms with Crippen LogP contribution in [0.1, 0.15) is 11.1 Å². The molecule has 0 spiro atoms. The van der Waals surface area contributed by atoms with Crippen LogP contribution < -0.4 is 5.32 Å². The van der Waals surface area contributed by atoms with E-state index in [0.717, 1.165) is 6.07 Å². The minimum Gasteiger partial charge on any atom is -0.368 e. The summed E-state index contributed by atoms with van der Waals surface area (Å²) in [4.78, 5) is 4.01. The van der Waals surface area contributed by atoms with E-state index < -0.39 is 11.6 Å². The first-order valence-electron chi connectivity index (χ1n) is 5.83. The zero-order chi connectivity index (χ0) is 14.5. The number of anilines is 1. The molecule has 2 aromatic rings. The van der Waals surface area contributed by atoms with E-state index in [1.807, 2.05) is 6.07 Å². The first-order valence-corrected chi connectivity index (χ1v) is 6.21. The SMILES string of the molecule is N#Cc1ccnc(NCCc2cc(F)cc(F)c2)c1Cl. The van der Waals surface area contributed by atoms with Crippen LogP contribution in [0.5, 0.6) is 0 Å². The highest BCUT2D eigenvalue weighted by Gasteiger charge is 2.07. The van der Waals surface area contributed by atoms with Crippen molar-refractivity contribution < 1.29 is 8.78 Å². The predicted octanol–water partition coefficient (Wildman–Crippen LogP) is 3.54. The van der Waals surface area contributed by atoms with Crippen molar-refractivity contribution in [1.29, 1.82) is 5.26 Å². The van der Waals surface area contributed by atoms with E-state index in [9.17, 15) is 8.78 Å². The fourth-order valence-electron chi connectivity index (χ4n) is 1.73. The van der Waals surface area contributed by atoms with Gasteiger partial charge in [0.15, 0.2) is 0 Å². The molecule has 0 saturated heterocycles. The second-order valence-corrected chi connectivity index (χ2v) is 4.47. The molecule has 1 aromatic carbocycles. The summed E-state index contributed by atoms with van der Waals surface area (Å²) in [5.74, 6) is -0.840. The molecule has 0 aliphatic rings. The van der Waals surface area contributed by atoms with Crippen LogP contribution in [-0.4, -0.2) is 11.5 Å². The maximum absolute atomic E-state index is 13.0. The Morgan fingerprint density at radius 3 is 2.60 bits per heavy atom. The zero-order valence-electron chi connectivity index (χ0n) is 10.3. The van der Waals surface area contributed by atoms with E-state index in [1.165, 1.54) is 24.4 Å². The van der Waals surface area contributed by atoms with E-state index in [4.69, 9.17) is 16.9 Å². The highest BCUT2D eigenvalue weighted by atomic mass is 35.5. The van der Waals surface area contributed by atoms with Crippen molar-refractivity contribution in [2.75, 3.05) is 11.9 Å². The van der Waals surface area contributed by atoms with Gasteiger partial charge in [-0.15, -0.1) is 0 Å². The summed E-state index contributed by atoms with van der Waals surface area (Å²) >= 11 is 5.97.